The first kappa shape index (κ1) is 18.5. The number of rotatable bonds is 6. The number of benzene rings is 1. The van der Waals surface area contributed by atoms with Crippen LogP contribution < -0.4 is 11.1 Å². The molecule has 3 atom stereocenters. The van der Waals surface area contributed by atoms with E-state index in [2.05, 4.69) is 12.2 Å². The molecule has 0 heterocycles. The van der Waals surface area contributed by atoms with Gasteiger partial charge >= 0.3 is 0 Å². The third-order valence-electron chi connectivity index (χ3n) is 4.20. The minimum absolute atomic E-state index is 0.0237. The van der Waals surface area contributed by atoms with Gasteiger partial charge in [0.1, 0.15) is 0 Å². The SMILES string of the molecule is CCCO[C@@H]1C[C@@H](C(=O)NCc2ccc(Cl)c(Cl)c2)CC[C@H]1N. The van der Waals surface area contributed by atoms with Crippen LogP contribution >= 0.6 is 23.2 Å². The monoisotopic (exact) mass is 358 g/mol. The highest BCUT2D eigenvalue weighted by molar-refractivity contribution is 6.42. The maximum absolute atomic E-state index is 12.4. The van der Waals surface area contributed by atoms with Crippen molar-refractivity contribution >= 4 is 29.1 Å². The van der Waals surface area contributed by atoms with Gasteiger partial charge in [0.15, 0.2) is 0 Å². The zero-order chi connectivity index (χ0) is 16.8. The molecule has 128 valence electrons. The molecule has 2 rings (SSSR count). The molecule has 0 bridgehead atoms. The maximum Gasteiger partial charge on any atom is 0.223 e. The third kappa shape index (κ3) is 5.35. The zero-order valence-electron chi connectivity index (χ0n) is 13.4. The number of ether oxygens (including phenoxy) is 1. The Morgan fingerprint density at radius 1 is 1.35 bits per heavy atom. The number of amides is 1. The van der Waals surface area contributed by atoms with Crippen molar-refractivity contribution in [1.82, 2.24) is 5.32 Å². The van der Waals surface area contributed by atoms with Gasteiger partial charge in [0.2, 0.25) is 5.91 Å². The first-order chi connectivity index (χ1) is 11.0. The van der Waals surface area contributed by atoms with Crippen molar-refractivity contribution in [2.75, 3.05) is 6.61 Å². The fourth-order valence-corrected chi connectivity index (χ4v) is 3.16. The molecule has 4 nitrogen and oxygen atoms in total. The lowest BCUT2D eigenvalue weighted by molar-refractivity contribution is -0.128. The molecule has 0 saturated heterocycles. The molecule has 1 aliphatic rings. The predicted molar refractivity (Wildman–Crippen MR) is 93.7 cm³/mol. The molecule has 1 aromatic carbocycles. The number of carbonyl (C=O) groups is 1. The highest BCUT2D eigenvalue weighted by Gasteiger charge is 2.32. The topological polar surface area (TPSA) is 64.3 Å². The minimum atomic E-state index is -0.0422. The fraction of sp³-hybridized carbons (Fsp3) is 0.588. The van der Waals surface area contributed by atoms with Gasteiger partial charge in [0.25, 0.3) is 0 Å². The molecule has 6 heteroatoms. The molecule has 3 N–H and O–H groups in total. The average Bonchev–Trinajstić information content (AvgIpc) is 2.55. The summed E-state index contributed by atoms with van der Waals surface area (Å²) < 4.78 is 5.78. The van der Waals surface area contributed by atoms with Crippen LogP contribution in [0, 0.1) is 5.92 Å². The summed E-state index contributed by atoms with van der Waals surface area (Å²) in [5.74, 6) is 0.00694. The van der Waals surface area contributed by atoms with E-state index in [1.165, 1.54) is 0 Å². The Hall–Kier alpha value is -0.810. The predicted octanol–water partition coefficient (Wildman–Crippen LogP) is 3.53. The first-order valence-corrected chi connectivity index (χ1v) is 8.85. The highest BCUT2D eigenvalue weighted by Crippen LogP contribution is 2.27. The molecule has 1 amide bonds. The van der Waals surface area contributed by atoms with E-state index in [0.29, 0.717) is 29.6 Å². The van der Waals surface area contributed by atoms with Crippen molar-refractivity contribution in [3.63, 3.8) is 0 Å². The van der Waals surface area contributed by atoms with E-state index in [1.807, 2.05) is 6.07 Å². The molecular formula is C17H24Cl2N2O2. The van der Waals surface area contributed by atoms with Crippen molar-refractivity contribution in [3.05, 3.63) is 33.8 Å². The van der Waals surface area contributed by atoms with E-state index in [0.717, 1.165) is 24.8 Å². The molecule has 1 aliphatic carbocycles. The van der Waals surface area contributed by atoms with Crippen LogP contribution in [-0.2, 0) is 16.1 Å². The van der Waals surface area contributed by atoms with Crippen LogP contribution in [0.1, 0.15) is 38.2 Å². The van der Waals surface area contributed by atoms with E-state index in [4.69, 9.17) is 33.7 Å². The molecule has 0 aromatic heterocycles. The second-order valence-electron chi connectivity index (χ2n) is 6.05. The molecule has 1 aromatic rings. The first-order valence-electron chi connectivity index (χ1n) is 8.10. The summed E-state index contributed by atoms with van der Waals surface area (Å²) in [6.07, 6.45) is 3.25. The molecule has 0 unspecified atom stereocenters. The van der Waals surface area contributed by atoms with Gasteiger partial charge in [-0.3, -0.25) is 4.79 Å². The fourth-order valence-electron chi connectivity index (χ4n) is 2.83. The van der Waals surface area contributed by atoms with Crippen LogP contribution in [0.5, 0.6) is 0 Å². The Bertz CT molecular complexity index is 539. The van der Waals surface area contributed by atoms with Gasteiger partial charge in [-0.25, -0.2) is 0 Å². The van der Waals surface area contributed by atoms with Crippen LogP contribution in [-0.4, -0.2) is 24.7 Å². The molecule has 0 spiro atoms. The molecule has 0 radical (unpaired) electrons. The van der Waals surface area contributed by atoms with Crippen molar-refractivity contribution < 1.29 is 9.53 Å². The maximum atomic E-state index is 12.4. The van der Waals surface area contributed by atoms with E-state index in [-0.39, 0.29) is 24.0 Å². The Kier molecular flexibility index (Phi) is 7.15. The lowest BCUT2D eigenvalue weighted by Crippen LogP contribution is -2.45. The number of halogens is 2. The normalized spacial score (nSPS) is 24.4. The molecule has 0 aliphatic heterocycles. The van der Waals surface area contributed by atoms with Crippen LogP contribution in [0.25, 0.3) is 0 Å². The number of hydrogen-bond donors (Lipinski definition) is 2. The largest absolute Gasteiger partial charge is 0.377 e. The summed E-state index contributed by atoms with van der Waals surface area (Å²) in [4.78, 5) is 12.4. The van der Waals surface area contributed by atoms with E-state index in [1.54, 1.807) is 12.1 Å². The lowest BCUT2D eigenvalue weighted by Gasteiger charge is -2.33. The molecule has 23 heavy (non-hydrogen) atoms. The zero-order valence-corrected chi connectivity index (χ0v) is 14.9. The van der Waals surface area contributed by atoms with Crippen LogP contribution in [0.4, 0.5) is 0 Å². The van der Waals surface area contributed by atoms with Gasteiger partial charge in [-0.15, -0.1) is 0 Å². The number of carbonyl (C=O) groups excluding carboxylic acids is 1. The molecular weight excluding hydrogens is 335 g/mol. The Morgan fingerprint density at radius 3 is 2.83 bits per heavy atom. The van der Waals surface area contributed by atoms with Crippen LogP contribution in [0.2, 0.25) is 10.0 Å². The Labute approximate surface area is 147 Å². The number of hydrogen-bond acceptors (Lipinski definition) is 3. The summed E-state index contributed by atoms with van der Waals surface area (Å²) >= 11 is 11.9. The number of nitrogens with two attached hydrogens (primary N) is 1. The quantitative estimate of drug-likeness (QED) is 0.817. The molecule has 1 saturated carbocycles. The summed E-state index contributed by atoms with van der Waals surface area (Å²) in [7, 11) is 0. The highest BCUT2D eigenvalue weighted by atomic mass is 35.5. The van der Waals surface area contributed by atoms with Gasteiger partial charge in [-0.05, 0) is 43.4 Å². The van der Waals surface area contributed by atoms with Crippen molar-refractivity contribution in [2.45, 2.75) is 51.3 Å². The van der Waals surface area contributed by atoms with Crippen molar-refractivity contribution in [2.24, 2.45) is 11.7 Å². The smallest absolute Gasteiger partial charge is 0.223 e. The summed E-state index contributed by atoms with van der Waals surface area (Å²) in [5.41, 5.74) is 7.02. The standard InChI is InChI=1S/C17H24Cl2N2O2/c1-2-7-23-16-9-12(4-6-15(16)20)17(22)21-10-11-3-5-13(18)14(19)8-11/h3,5,8,12,15-16H,2,4,6-7,9-10,20H2,1H3,(H,21,22)/t12-,15+,16+/m0/s1. The van der Waals surface area contributed by atoms with Crippen LogP contribution in [0.15, 0.2) is 18.2 Å². The van der Waals surface area contributed by atoms with Gasteiger partial charge in [-0.2, -0.15) is 0 Å². The van der Waals surface area contributed by atoms with E-state index in [9.17, 15) is 4.79 Å². The summed E-state index contributed by atoms with van der Waals surface area (Å²) in [5, 5.41) is 3.98. The van der Waals surface area contributed by atoms with Crippen LogP contribution in [0.3, 0.4) is 0 Å². The second kappa shape index (κ2) is 8.88. The van der Waals surface area contributed by atoms with E-state index >= 15 is 0 Å². The number of nitrogens with one attached hydrogen (secondary N) is 1. The van der Waals surface area contributed by atoms with Gasteiger partial charge in [-0.1, -0.05) is 36.2 Å². The minimum Gasteiger partial charge on any atom is -0.377 e. The average molecular weight is 359 g/mol. The third-order valence-corrected chi connectivity index (χ3v) is 4.94. The Balaban J connectivity index is 1.86. The van der Waals surface area contributed by atoms with E-state index < -0.39 is 0 Å². The van der Waals surface area contributed by atoms with Gasteiger partial charge in [0, 0.05) is 25.1 Å². The lowest BCUT2D eigenvalue weighted by atomic mass is 9.83. The molecule has 1 fully saturated rings. The Morgan fingerprint density at radius 2 is 2.13 bits per heavy atom. The van der Waals surface area contributed by atoms with Crippen molar-refractivity contribution in [1.29, 1.82) is 0 Å². The second-order valence-corrected chi connectivity index (χ2v) is 6.86. The summed E-state index contributed by atoms with van der Waals surface area (Å²) in [6, 6.07) is 5.40. The van der Waals surface area contributed by atoms with Gasteiger partial charge in [0.05, 0.1) is 16.1 Å². The van der Waals surface area contributed by atoms with Gasteiger partial charge < -0.3 is 15.8 Å². The van der Waals surface area contributed by atoms with Crippen molar-refractivity contribution in [3.8, 4) is 0 Å². The summed E-state index contributed by atoms with van der Waals surface area (Å²) in [6.45, 7) is 3.20.